The van der Waals surface area contributed by atoms with Gasteiger partial charge in [-0.15, -0.1) is 0 Å². The molecule has 3 rings (SSSR count). The summed E-state index contributed by atoms with van der Waals surface area (Å²) in [6, 6.07) is 6.11. The van der Waals surface area contributed by atoms with Gasteiger partial charge < -0.3 is 40.1 Å². The highest BCUT2D eigenvalue weighted by Gasteiger charge is 2.37. The van der Waals surface area contributed by atoms with Gasteiger partial charge in [-0.1, -0.05) is 6.07 Å². The highest BCUT2D eigenvalue weighted by molar-refractivity contribution is 5.81. The fraction of sp³-hybridized carbons (Fsp3) is 0.263. The number of aromatic hydroxyl groups is 4. The van der Waals surface area contributed by atoms with Crippen LogP contribution in [0.4, 0.5) is 0 Å². The Morgan fingerprint density at radius 3 is 2.45 bits per heavy atom. The van der Waals surface area contributed by atoms with Crippen molar-refractivity contribution in [2.45, 2.75) is 31.2 Å². The number of aliphatic carboxylic acids is 1. The maximum absolute atomic E-state index is 12.1. The molecule has 10 heteroatoms. The lowest BCUT2D eigenvalue weighted by atomic mass is 9.93. The Balaban J connectivity index is 1.96. The van der Waals surface area contributed by atoms with Crippen LogP contribution in [0.3, 0.4) is 0 Å². The topological polar surface area (TPSA) is 174 Å². The predicted octanol–water partition coefficient (Wildman–Crippen LogP) is 0.933. The van der Waals surface area contributed by atoms with Crippen LogP contribution in [-0.2, 0) is 20.7 Å². The maximum atomic E-state index is 12.1. The van der Waals surface area contributed by atoms with E-state index in [1.807, 2.05) is 0 Å². The second kappa shape index (κ2) is 7.76. The molecule has 2 aromatic rings. The van der Waals surface area contributed by atoms with Crippen LogP contribution in [0.5, 0.6) is 28.7 Å². The van der Waals surface area contributed by atoms with E-state index in [-0.39, 0.29) is 35.0 Å². The van der Waals surface area contributed by atoms with E-state index in [9.17, 15) is 35.1 Å². The summed E-state index contributed by atoms with van der Waals surface area (Å²) in [5.41, 5.74) is 0.520. The van der Waals surface area contributed by atoms with Gasteiger partial charge in [-0.3, -0.25) is 4.79 Å². The Morgan fingerprint density at radius 2 is 1.79 bits per heavy atom. The quantitative estimate of drug-likeness (QED) is 0.310. The van der Waals surface area contributed by atoms with Crippen molar-refractivity contribution < 1.29 is 49.7 Å². The molecule has 1 heterocycles. The molecule has 154 valence electrons. The molecule has 0 bridgehead atoms. The first-order valence-corrected chi connectivity index (χ1v) is 8.49. The van der Waals surface area contributed by atoms with Crippen molar-refractivity contribution in [3.05, 3.63) is 41.5 Å². The predicted molar refractivity (Wildman–Crippen MR) is 94.8 cm³/mol. The molecule has 1 aliphatic heterocycles. The zero-order valence-electron chi connectivity index (χ0n) is 14.8. The first-order valence-electron chi connectivity index (χ1n) is 8.49. The van der Waals surface area contributed by atoms with E-state index < -0.39 is 42.4 Å². The summed E-state index contributed by atoms with van der Waals surface area (Å²) in [4.78, 5) is 22.8. The summed E-state index contributed by atoms with van der Waals surface area (Å²) in [5, 5.41) is 57.4. The Hall–Kier alpha value is -3.66. The molecule has 0 aliphatic carbocycles. The van der Waals surface area contributed by atoms with Gasteiger partial charge in [0, 0.05) is 29.7 Å². The van der Waals surface area contributed by atoms with Crippen molar-refractivity contribution in [1.82, 2.24) is 0 Å². The Kier molecular flexibility index (Phi) is 5.37. The van der Waals surface area contributed by atoms with E-state index in [0.29, 0.717) is 5.56 Å². The van der Waals surface area contributed by atoms with Gasteiger partial charge >= 0.3 is 11.9 Å². The Bertz CT molecular complexity index is 954. The van der Waals surface area contributed by atoms with Crippen molar-refractivity contribution in [2.75, 3.05) is 0 Å². The highest BCUT2D eigenvalue weighted by Crippen LogP contribution is 2.43. The number of phenolic OH excluding ortho intramolecular Hbond substituents is 4. The molecule has 0 aromatic heterocycles. The number of carboxylic acids is 1. The summed E-state index contributed by atoms with van der Waals surface area (Å²) >= 11 is 0. The third-order valence-corrected chi connectivity index (χ3v) is 4.40. The number of carbonyl (C=O) groups is 2. The highest BCUT2D eigenvalue weighted by atomic mass is 16.6. The standard InChI is InChI=1S/C19H18O10/c20-9-4-12(22)10-6-16(29-19(27)14(24)7-17(25)26)18(28-15(10)5-9)8-1-2-11(21)13(23)3-8/h1-5,14,16,18,20-24H,6-7H2,(H,25,26). The number of aliphatic hydroxyl groups is 1. The van der Waals surface area contributed by atoms with Crippen LogP contribution in [0, 0.1) is 0 Å². The van der Waals surface area contributed by atoms with E-state index >= 15 is 0 Å². The first-order chi connectivity index (χ1) is 13.7. The van der Waals surface area contributed by atoms with Crippen molar-refractivity contribution in [1.29, 1.82) is 0 Å². The SMILES string of the molecule is O=C(O)CC(O)C(=O)OC1Cc2c(O)cc(O)cc2OC1c1ccc(O)c(O)c1. The third-order valence-electron chi connectivity index (χ3n) is 4.40. The number of carboxylic acid groups (broad SMARTS) is 1. The van der Waals surface area contributed by atoms with Gasteiger partial charge in [0.2, 0.25) is 0 Å². The monoisotopic (exact) mass is 406 g/mol. The molecule has 3 atom stereocenters. The number of hydrogen-bond acceptors (Lipinski definition) is 9. The number of ether oxygens (including phenoxy) is 2. The van der Waals surface area contributed by atoms with Crippen LogP contribution in [0.2, 0.25) is 0 Å². The number of fused-ring (bicyclic) bond motifs is 1. The van der Waals surface area contributed by atoms with Crippen molar-refractivity contribution in [3.63, 3.8) is 0 Å². The van der Waals surface area contributed by atoms with Crippen molar-refractivity contribution in [2.24, 2.45) is 0 Å². The number of hydrogen-bond donors (Lipinski definition) is 6. The zero-order valence-corrected chi connectivity index (χ0v) is 14.8. The summed E-state index contributed by atoms with van der Waals surface area (Å²) in [5.74, 6) is -3.89. The molecule has 29 heavy (non-hydrogen) atoms. The molecule has 0 amide bonds. The van der Waals surface area contributed by atoms with E-state index in [1.54, 1.807) is 0 Å². The zero-order chi connectivity index (χ0) is 21.3. The minimum Gasteiger partial charge on any atom is -0.508 e. The van der Waals surface area contributed by atoms with Crippen LogP contribution < -0.4 is 4.74 Å². The number of rotatable bonds is 5. The van der Waals surface area contributed by atoms with Gasteiger partial charge in [0.25, 0.3) is 0 Å². The number of esters is 1. The molecule has 10 nitrogen and oxygen atoms in total. The molecule has 0 radical (unpaired) electrons. The molecular formula is C19H18O10. The molecule has 0 saturated carbocycles. The second-order valence-corrected chi connectivity index (χ2v) is 6.52. The average Bonchev–Trinajstić information content (AvgIpc) is 2.63. The number of benzene rings is 2. The largest absolute Gasteiger partial charge is 0.508 e. The molecule has 6 N–H and O–H groups in total. The van der Waals surface area contributed by atoms with Crippen LogP contribution in [0.25, 0.3) is 0 Å². The Labute approximate surface area is 163 Å². The lowest BCUT2D eigenvalue weighted by Crippen LogP contribution is -2.38. The van der Waals surface area contributed by atoms with Crippen LogP contribution >= 0.6 is 0 Å². The van der Waals surface area contributed by atoms with Crippen molar-refractivity contribution in [3.8, 4) is 28.7 Å². The van der Waals surface area contributed by atoms with Gasteiger partial charge in [-0.05, 0) is 12.1 Å². The van der Waals surface area contributed by atoms with Gasteiger partial charge in [0.15, 0.2) is 23.7 Å². The van der Waals surface area contributed by atoms with E-state index in [0.717, 1.165) is 6.07 Å². The number of phenols is 4. The maximum Gasteiger partial charge on any atom is 0.336 e. The lowest BCUT2D eigenvalue weighted by Gasteiger charge is -2.34. The summed E-state index contributed by atoms with van der Waals surface area (Å²) in [7, 11) is 0. The number of carbonyl (C=O) groups excluding carboxylic acids is 1. The van der Waals surface area contributed by atoms with Crippen LogP contribution in [-0.4, -0.2) is 54.8 Å². The molecular weight excluding hydrogens is 388 g/mol. The second-order valence-electron chi connectivity index (χ2n) is 6.52. The van der Waals surface area contributed by atoms with Gasteiger partial charge in [-0.2, -0.15) is 0 Å². The van der Waals surface area contributed by atoms with Gasteiger partial charge in [0.05, 0.1) is 6.42 Å². The lowest BCUT2D eigenvalue weighted by molar-refractivity contribution is -0.168. The van der Waals surface area contributed by atoms with Crippen LogP contribution in [0.15, 0.2) is 30.3 Å². The van der Waals surface area contributed by atoms with Crippen LogP contribution in [0.1, 0.15) is 23.7 Å². The normalized spacial score (nSPS) is 18.9. The van der Waals surface area contributed by atoms with E-state index in [1.165, 1.54) is 24.3 Å². The minimum atomic E-state index is -1.91. The van der Waals surface area contributed by atoms with Gasteiger partial charge in [0.1, 0.15) is 23.4 Å². The summed E-state index contributed by atoms with van der Waals surface area (Å²) in [6.07, 6.45) is -5.00. The fourth-order valence-electron chi connectivity index (χ4n) is 3.03. The molecule has 0 spiro atoms. The van der Waals surface area contributed by atoms with E-state index in [2.05, 4.69) is 0 Å². The smallest absolute Gasteiger partial charge is 0.336 e. The van der Waals surface area contributed by atoms with Gasteiger partial charge in [-0.25, -0.2) is 4.79 Å². The summed E-state index contributed by atoms with van der Waals surface area (Å²) < 4.78 is 11.0. The average molecular weight is 406 g/mol. The molecule has 2 aromatic carbocycles. The van der Waals surface area contributed by atoms with Crippen molar-refractivity contribution >= 4 is 11.9 Å². The summed E-state index contributed by atoms with van der Waals surface area (Å²) in [6.45, 7) is 0. The molecule has 3 unspecified atom stereocenters. The molecule has 0 saturated heterocycles. The first kappa shape index (κ1) is 20.1. The molecule has 1 aliphatic rings. The third kappa shape index (κ3) is 4.27. The molecule has 0 fully saturated rings. The Morgan fingerprint density at radius 1 is 1.07 bits per heavy atom. The van der Waals surface area contributed by atoms with E-state index in [4.69, 9.17) is 14.6 Å². The number of aliphatic hydroxyl groups excluding tert-OH is 1. The fourth-order valence-corrected chi connectivity index (χ4v) is 3.03. The minimum absolute atomic E-state index is 0.0840.